The lowest BCUT2D eigenvalue weighted by molar-refractivity contribution is 0.0676. The van der Waals surface area contributed by atoms with E-state index in [2.05, 4.69) is 45.6 Å². The van der Waals surface area contributed by atoms with Gasteiger partial charge in [0, 0.05) is 17.6 Å². The van der Waals surface area contributed by atoms with Crippen molar-refractivity contribution in [3.63, 3.8) is 0 Å². The average Bonchev–Trinajstić information content (AvgIpc) is 2.24. The van der Waals surface area contributed by atoms with Gasteiger partial charge in [0.2, 0.25) is 0 Å². The van der Waals surface area contributed by atoms with Crippen molar-refractivity contribution < 1.29 is 0 Å². The Morgan fingerprint density at radius 1 is 1.38 bits per heavy atom. The Balaban J connectivity index is 2.84. The highest BCUT2D eigenvalue weighted by molar-refractivity contribution is 5.04. The van der Waals surface area contributed by atoms with Crippen LogP contribution in [0.5, 0.6) is 0 Å². The molecule has 0 spiro atoms. The van der Waals surface area contributed by atoms with Crippen molar-refractivity contribution in [2.45, 2.75) is 52.1 Å². The Labute approximate surface area is 81.5 Å². The minimum Gasteiger partial charge on any atom is -0.292 e. The van der Waals surface area contributed by atoms with Gasteiger partial charge in [-0.1, -0.05) is 0 Å². The van der Waals surface area contributed by atoms with Crippen molar-refractivity contribution in [3.05, 3.63) is 0 Å². The van der Waals surface area contributed by atoms with Gasteiger partial charge in [0.1, 0.15) is 0 Å². The molecule has 2 nitrogen and oxygen atoms in total. The van der Waals surface area contributed by atoms with Crippen molar-refractivity contribution in [2.75, 3.05) is 6.54 Å². The number of rotatable bonds is 0. The fraction of sp³-hybridized carbons (Fsp3) is 0.909. The first kappa shape index (κ1) is 10.5. The van der Waals surface area contributed by atoms with E-state index in [9.17, 15) is 0 Å². The lowest BCUT2D eigenvalue weighted by Crippen LogP contribution is -2.49. The van der Waals surface area contributed by atoms with Crippen LogP contribution < -0.4 is 0 Å². The van der Waals surface area contributed by atoms with E-state index < -0.39 is 0 Å². The van der Waals surface area contributed by atoms with Crippen molar-refractivity contribution in [1.82, 2.24) is 4.90 Å². The van der Waals surface area contributed by atoms with Gasteiger partial charge in [-0.15, -0.1) is 0 Å². The zero-order valence-electron chi connectivity index (χ0n) is 9.39. The monoisotopic (exact) mass is 180 g/mol. The smallest absolute Gasteiger partial charge is 0.0670 e. The van der Waals surface area contributed by atoms with E-state index in [0.29, 0.717) is 0 Å². The SMILES string of the molecule is CC(C)(C)N1CC(C#N)CC1(C)C. The van der Waals surface area contributed by atoms with Crippen LogP contribution >= 0.6 is 0 Å². The minimum atomic E-state index is 0.176. The standard InChI is InChI=1S/C11H20N2/c1-10(2,3)13-8-9(7-12)6-11(13,4)5/h9H,6,8H2,1-5H3. The van der Waals surface area contributed by atoms with E-state index in [1.165, 1.54) is 0 Å². The largest absolute Gasteiger partial charge is 0.292 e. The Morgan fingerprint density at radius 3 is 2.15 bits per heavy atom. The molecule has 0 aromatic carbocycles. The molecule has 0 aromatic rings. The van der Waals surface area contributed by atoms with Crippen LogP contribution in [0.4, 0.5) is 0 Å². The number of nitrogens with zero attached hydrogens (tertiary/aromatic N) is 2. The van der Waals surface area contributed by atoms with Gasteiger partial charge in [-0.05, 0) is 41.0 Å². The third-order valence-corrected chi connectivity index (χ3v) is 2.87. The first-order valence-corrected chi connectivity index (χ1v) is 4.95. The van der Waals surface area contributed by atoms with Gasteiger partial charge in [-0.2, -0.15) is 5.26 Å². The fourth-order valence-corrected chi connectivity index (χ4v) is 2.51. The Bertz CT molecular complexity index is 229. The van der Waals surface area contributed by atoms with E-state index in [1.54, 1.807) is 0 Å². The fourth-order valence-electron chi connectivity index (χ4n) is 2.51. The molecular weight excluding hydrogens is 160 g/mol. The van der Waals surface area contributed by atoms with Crippen molar-refractivity contribution >= 4 is 0 Å². The van der Waals surface area contributed by atoms with Crippen LogP contribution in [-0.4, -0.2) is 22.5 Å². The molecule has 74 valence electrons. The van der Waals surface area contributed by atoms with Crippen LogP contribution in [0.3, 0.4) is 0 Å². The second-order valence-corrected chi connectivity index (χ2v) is 5.62. The maximum Gasteiger partial charge on any atom is 0.0670 e. The molecule has 13 heavy (non-hydrogen) atoms. The molecule has 0 bridgehead atoms. The second kappa shape index (κ2) is 2.99. The minimum absolute atomic E-state index is 0.176. The summed E-state index contributed by atoms with van der Waals surface area (Å²) in [5, 5.41) is 8.91. The van der Waals surface area contributed by atoms with Gasteiger partial charge < -0.3 is 0 Å². The molecule has 0 saturated carbocycles. The summed E-state index contributed by atoms with van der Waals surface area (Å²) < 4.78 is 0. The summed E-state index contributed by atoms with van der Waals surface area (Å²) in [6.07, 6.45) is 1.00. The molecule has 2 heteroatoms. The summed E-state index contributed by atoms with van der Waals surface area (Å²) in [5.74, 6) is 0.217. The molecule has 1 saturated heterocycles. The highest BCUT2D eigenvalue weighted by Gasteiger charge is 2.43. The molecule has 0 N–H and O–H groups in total. The van der Waals surface area contributed by atoms with E-state index in [-0.39, 0.29) is 17.0 Å². The summed E-state index contributed by atoms with van der Waals surface area (Å²) >= 11 is 0. The molecule has 1 unspecified atom stereocenters. The van der Waals surface area contributed by atoms with Crippen LogP contribution in [0.25, 0.3) is 0 Å². The third kappa shape index (κ3) is 2.03. The molecule has 0 aromatic heterocycles. The molecule has 1 aliphatic rings. The molecule has 1 heterocycles. The van der Waals surface area contributed by atoms with Crippen molar-refractivity contribution in [2.24, 2.45) is 5.92 Å². The number of hydrogen-bond donors (Lipinski definition) is 0. The molecule has 0 amide bonds. The molecule has 0 radical (unpaired) electrons. The average molecular weight is 180 g/mol. The van der Waals surface area contributed by atoms with Crippen LogP contribution in [0, 0.1) is 17.2 Å². The van der Waals surface area contributed by atoms with Gasteiger partial charge in [-0.25, -0.2) is 0 Å². The number of hydrogen-bond acceptors (Lipinski definition) is 2. The number of likely N-dealkylation sites (tertiary alicyclic amines) is 1. The molecular formula is C11H20N2. The summed E-state index contributed by atoms with van der Waals surface area (Å²) in [6.45, 7) is 12.0. The first-order valence-electron chi connectivity index (χ1n) is 4.95. The van der Waals surface area contributed by atoms with Crippen LogP contribution in [0.2, 0.25) is 0 Å². The van der Waals surface area contributed by atoms with Gasteiger partial charge in [0.05, 0.1) is 12.0 Å². The van der Waals surface area contributed by atoms with Gasteiger partial charge in [0.25, 0.3) is 0 Å². The van der Waals surface area contributed by atoms with E-state index in [0.717, 1.165) is 13.0 Å². The quantitative estimate of drug-likeness (QED) is 0.572. The highest BCUT2D eigenvalue weighted by Crippen LogP contribution is 2.37. The zero-order chi connectivity index (χ0) is 10.3. The second-order valence-electron chi connectivity index (χ2n) is 5.62. The topological polar surface area (TPSA) is 27.0 Å². The first-order chi connectivity index (χ1) is 5.77. The summed E-state index contributed by atoms with van der Waals surface area (Å²) in [4.78, 5) is 2.44. The summed E-state index contributed by atoms with van der Waals surface area (Å²) in [5.41, 5.74) is 0.355. The Kier molecular flexibility index (Phi) is 2.42. The number of nitriles is 1. The normalized spacial score (nSPS) is 28.8. The highest BCUT2D eigenvalue weighted by atomic mass is 15.3. The van der Waals surface area contributed by atoms with Crippen LogP contribution in [-0.2, 0) is 0 Å². The van der Waals surface area contributed by atoms with Crippen LogP contribution in [0.15, 0.2) is 0 Å². The maximum atomic E-state index is 8.91. The van der Waals surface area contributed by atoms with Crippen molar-refractivity contribution in [1.29, 1.82) is 5.26 Å². The van der Waals surface area contributed by atoms with E-state index in [1.807, 2.05) is 0 Å². The molecule has 1 fully saturated rings. The van der Waals surface area contributed by atoms with Gasteiger partial charge >= 0.3 is 0 Å². The Hall–Kier alpha value is -0.550. The Morgan fingerprint density at radius 2 is 1.92 bits per heavy atom. The lowest BCUT2D eigenvalue weighted by atomic mass is 9.94. The molecule has 1 rings (SSSR count). The molecule has 0 aliphatic carbocycles. The predicted molar refractivity (Wildman–Crippen MR) is 54.3 cm³/mol. The van der Waals surface area contributed by atoms with Crippen LogP contribution in [0.1, 0.15) is 41.0 Å². The molecule has 1 atom stereocenters. The van der Waals surface area contributed by atoms with E-state index in [4.69, 9.17) is 5.26 Å². The van der Waals surface area contributed by atoms with Gasteiger partial charge in [0.15, 0.2) is 0 Å². The third-order valence-electron chi connectivity index (χ3n) is 2.87. The summed E-state index contributed by atoms with van der Waals surface area (Å²) in [6, 6.07) is 2.38. The van der Waals surface area contributed by atoms with E-state index >= 15 is 0 Å². The maximum absolute atomic E-state index is 8.91. The zero-order valence-corrected chi connectivity index (χ0v) is 9.39. The summed E-state index contributed by atoms with van der Waals surface area (Å²) in [7, 11) is 0. The van der Waals surface area contributed by atoms with Crippen molar-refractivity contribution in [3.8, 4) is 6.07 Å². The predicted octanol–water partition coefficient (Wildman–Crippen LogP) is 2.41. The molecule has 1 aliphatic heterocycles. The lowest BCUT2D eigenvalue weighted by Gasteiger charge is -2.42. The van der Waals surface area contributed by atoms with Gasteiger partial charge in [-0.3, -0.25) is 4.90 Å².